The Kier molecular flexibility index (Phi) is 22.7. The highest BCUT2D eigenvalue weighted by Crippen LogP contribution is 2.55. The van der Waals surface area contributed by atoms with Crippen LogP contribution in [0.1, 0.15) is 31.1 Å². The second-order valence-corrected chi connectivity index (χ2v) is 28.9. The lowest BCUT2D eigenvalue weighted by molar-refractivity contribution is -0.0661. The molecule has 57 heteroatoms. The van der Waals surface area contributed by atoms with Crippen LogP contribution in [0, 0.1) is 0 Å². The van der Waals surface area contributed by atoms with Gasteiger partial charge >= 0.3 is 62.3 Å². The average Bonchev–Trinajstić information content (AvgIpc) is 1.70. The fourth-order valence-corrected chi connectivity index (χ4v) is 15.3. The smallest absolute Gasteiger partial charge is 0.387 e. The van der Waals surface area contributed by atoms with Crippen LogP contribution in [0.4, 0.5) is 17.6 Å². The standard InChI is InChI=1S/C46H58N15O37P5/c47-20-1-5-57(43(71)51-20)37-26(65)25(64)15(90-37)10-86-100(77,78)96-33-18(93-40(29(33)68)60-8-4-23(63)54-46(60)74)12-87-102(81,82)97-32-17(92-38(28(32)67)58-6-2-21(48)52-44(58)72)11-88-103(83,84)98-34-19(94-41(30(34)69)61-14-50-24-35(61)55-42(49)56-36(24)70)13-89-101(79,80)95-31-16(9-85-99(75)76)91-39(27(31)66)59-7-3-22(62)53-45(59)73/h1-8,14-19,25-34,37-41,64-69H,9-13H2,(H13-,47,48,49,51,52,53,54,55,56,62,63,70,71,72,73,74,75,76,77,78,79,80,81,82,83,84)/p+1/t15-,16-,17-,18-,19-,25-,26-,27-,28-,29-,30-,31-,32-,33-,34-,37-,38-,39-,40-,41-/m1/s1. The summed E-state index contributed by atoms with van der Waals surface area (Å²) in [6.45, 7) is -6.32. The van der Waals surface area contributed by atoms with Crippen molar-refractivity contribution in [2.24, 2.45) is 0 Å². The number of nitrogens with two attached hydrogens (primary N) is 3. The normalized spacial score (nSPS) is 32.7. The molecule has 6 aromatic rings. The zero-order valence-corrected chi connectivity index (χ0v) is 55.8. The number of aliphatic hydroxyl groups excluding tert-OH is 6. The molecule has 0 amide bonds. The number of imidazole rings is 1. The number of ether oxygens (including phenoxy) is 5. The number of nitrogen functional groups attached to an aromatic ring is 3. The summed E-state index contributed by atoms with van der Waals surface area (Å²) in [5.74, 6) is -1.11. The van der Waals surface area contributed by atoms with Crippen molar-refractivity contribution in [2.45, 2.75) is 123 Å². The quantitative estimate of drug-likeness (QED) is 0.0203. The van der Waals surface area contributed by atoms with Gasteiger partial charge in [-0.25, -0.2) is 42.4 Å². The number of nitrogens with zero attached hydrogens (tertiary/aromatic N) is 9. The molecule has 5 fully saturated rings. The fraction of sp³-hybridized carbons (Fsp3) is 0.543. The summed E-state index contributed by atoms with van der Waals surface area (Å²) >= 11 is 0. The summed E-state index contributed by atoms with van der Waals surface area (Å²) in [6, 6.07) is 3.75. The van der Waals surface area contributed by atoms with Crippen molar-refractivity contribution in [2.75, 3.05) is 50.2 Å². The SMILES string of the molecule is Nc1ccn([C@@H]2O[C@H](COP(=O)(O)O[C@H]3[C@@H](O)[C@H](n4ccc(=O)[nH]c4=O)O[C@@H]3COP(=O)(O)O[C@H]3[C@@H](O)[C@H](n4ccc(N)nc4=O)O[C@@H]3COP(=O)(O)O[C@H]3[C@@H](O)[C@H](n4cnc5c(=O)[nH]c(N)nc54)O[C@@H]3COP(=O)(O)O[C@H]3[C@@H](O)[C@H](n4ccc(=O)[nH]c4=O)O[C@@H]3CO[P+](=O)O)[C@@H](O)[C@H]2O)c(=O)n1. The van der Waals surface area contributed by atoms with Crippen LogP contribution in [0.5, 0.6) is 0 Å². The number of hydrogen-bond acceptors (Lipinski definition) is 39. The summed E-state index contributed by atoms with van der Waals surface area (Å²) in [6.07, 6.45) is -37.2. The molecule has 0 saturated carbocycles. The average molecular weight is 1570 g/mol. The minimum absolute atomic E-state index is 0.221. The van der Waals surface area contributed by atoms with Crippen molar-refractivity contribution >= 4 is 68.3 Å². The first-order valence-electron chi connectivity index (χ1n) is 29.2. The number of phosphoric acid groups is 4. The number of fused-ring (bicyclic) bond motifs is 1. The summed E-state index contributed by atoms with van der Waals surface area (Å²) in [5.41, 5.74) is 8.55. The first-order chi connectivity index (χ1) is 48.4. The van der Waals surface area contributed by atoms with Gasteiger partial charge in [-0.15, -0.1) is 9.42 Å². The molecule has 11 rings (SSSR count). The van der Waals surface area contributed by atoms with Gasteiger partial charge in [-0.2, -0.15) is 15.0 Å². The predicted molar refractivity (Wildman–Crippen MR) is 325 cm³/mol. The van der Waals surface area contributed by atoms with E-state index >= 15 is 0 Å². The molecule has 0 aliphatic carbocycles. The molecule has 564 valence electrons. The van der Waals surface area contributed by atoms with Crippen LogP contribution >= 0.6 is 39.5 Å². The Morgan fingerprint density at radius 1 is 0.456 bits per heavy atom. The largest absolute Gasteiger partial charge is 0.694 e. The number of aromatic nitrogens is 12. The van der Waals surface area contributed by atoms with Crippen molar-refractivity contribution < 1.29 is 142 Å². The number of aliphatic hydroxyl groups is 6. The van der Waals surface area contributed by atoms with Crippen LogP contribution < -0.4 is 56.6 Å². The molecule has 25 atom stereocenters. The summed E-state index contributed by atoms with van der Waals surface area (Å²) in [4.78, 5) is 163. The van der Waals surface area contributed by atoms with Gasteiger partial charge in [0.1, 0.15) is 110 Å². The molecule has 0 spiro atoms. The first kappa shape index (κ1) is 77.0. The molecule has 5 saturated heterocycles. The van der Waals surface area contributed by atoms with E-state index in [1.54, 1.807) is 0 Å². The molecule has 5 aliphatic heterocycles. The molecular weight excluding hydrogens is 1510 g/mol. The maximum atomic E-state index is 14.2. The van der Waals surface area contributed by atoms with Gasteiger partial charge in [0.2, 0.25) is 5.95 Å². The van der Waals surface area contributed by atoms with Crippen molar-refractivity contribution in [1.82, 2.24) is 57.7 Å². The van der Waals surface area contributed by atoms with Crippen LogP contribution in [0.25, 0.3) is 11.2 Å². The lowest BCUT2D eigenvalue weighted by atomic mass is 10.1. The molecule has 5 unspecified atom stereocenters. The van der Waals surface area contributed by atoms with Crippen molar-refractivity contribution in [3.8, 4) is 0 Å². The second kappa shape index (κ2) is 30.4. The topological polar surface area (TPSA) is 758 Å². The number of rotatable bonds is 28. The summed E-state index contributed by atoms with van der Waals surface area (Å²) < 4.78 is 145. The zero-order chi connectivity index (χ0) is 74.7. The third-order valence-corrected chi connectivity index (χ3v) is 20.1. The van der Waals surface area contributed by atoms with Crippen LogP contribution in [0.15, 0.2) is 88.9 Å². The molecule has 0 radical (unpaired) electrons. The highest BCUT2D eigenvalue weighted by molar-refractivity contribution is 7.48. The second-order valence-electron chi connectivity index (χ2n) is 22.5. The third-order valence-electron chi connectivity index (χ3n) is 15.8. The van der Waals surface area contributed by atoms with Gasteiger partial charge in [0.05, 0.1) is 32.8 Å². The van der Waals surface area contributed by atoms with Gasteiger partial charge in [-0.3, -0.25) is 88.4 Å². The minimum atomic E-state index is -5.95. The Balaban J connectivity index is 0.814. The van der Waals surface area contributed by atoms with Crippen LogP contribution in [-0.4, -0.2) is 237 Å². The Bertz CT molecular complexity index is 4810. The lowest BCUT2D eigenvalue weighted by Gasteiger charge is -2.27. The molecule has 6 aromatic heterocycles. The molecule has 52 nitrogen and oxygen atoms in total. The number of anilines is 3. The fourth-order valence-electron chi connectivity index (χ4n) is 11.1. The molecule has 5 aliphatic rings. The monoisotopic (exact) mass is 1570 g/mol. The summed E-state index contributed by atoms with van der Waals surface area (Å²) in [5, 5.41) is 67.8. The molecule has 103 heavy (non-hydrogen) atoms. The van der Waals surface area contributed by atoms with E-state index in [1.165, 1.54) is 0 Å². The Labute approximate surface area is 568 Å². The van der Waals surface area contributed by atoms with E-state index in [-0.39, 0.29) is 11.6 Å². The molecule has 11 heterocycles. The van der Waals surface area contributed by atoms with Crippen LogP contribution in [0.3, 0.4) is 0 Å². The maximum absolute atomic E-state index is 14.2. The van der Waals surface area contributed by atoms with Gasteiger partial charge in [-0.1, -0.05) is 0 Å². The van der Waals surface area contributed by atoms with Gasteiger partial charge in [0.25, 0.3) is 16.7 Å². The summed E-state index contributed by atoms with van der Waals surface area (Å²) in [7, 11) is -26.7. The van der Waals surface area contributed by atoms with Crippen molar-refractivity contribution in [1.29, 1.82) is 0 Å². The Morgan fingerprint density at radius 2 is 0.796 bits per heavy atom. The van der Waals surface area contributed by atoms with Gasteiger partial charge in [-0.05, 0) is 12.1 Å². The van der Waals surface area contributed by atoms with E-state index in [0.29, 0.717) is 13.7 Å². The van der Waals surface area contributed by atoms with Gasteiger partial charge < -0.3 is 91.1 Å². The zero-order valence-electron chi connectivity index (χ0n) is 51.3. The molecule has 0 bridgehead atoms. The molecule has 20 N–H and O–H groups in total. The predicted octanol–water partition coefficient (Wildman–Crippen LogP) is -8.19. The van der Waals surface area contributed by atoms with Crippen molar-refractivity contribution in [3.05, 3.63) is 128 Å². The highest BCUT2D eigenvalue weighted by Gasteiger charge is 2.57. The van der Waals surface area contributed by atoms with E-state index in [2.05, 4.69) is 29.4 Å². The molecule has 0 aromatic carbocycles. The van der Waals surface area contributed by atoms with E-state index in [4.69, 9.17) is 77.1 Å². The van der Waals surface area contributed by atoms with E-state index in [9.17, 15) is 111 Å². The van der Waals surface area contributed by atoms with Crippen LogP contribution in [-0.2, 0) is 87.2 Å². The number of H-pyrrole nitrogens is 3. The number of aromatic amines is 3. The van der Waals surface area contributed by atoms with Crippen LogP contribution in [0.2, 0.25) is 0 Å². The molecular formula is C46H59N15O37P5+. The highest BCUT2D eigenvalue weighted by atomic mass is 31.2. The van der Waals surface area contributed by atoms with E-state index < -0.39 is 252 Å². The van der Waals surface area contributed by atoms with E-state index in [0.717, 1.165) is 64.5 Å². The van der Waals surface area contributed by atoms with E-state index in [1.807, 2.05) is 9.97 Å². The first-order valence-corrected chi connectivity index (χ1v) is 36.3. The van der Waals surface area contributed by atoms with Crippen molar-refractivity contribution in [3.63, 3.8) is 0 Å². The number of phosphoric ester groups is 4. The Morgan fingerprint density at radius 3 is 1.17 bits per heavy atom. The van der Waals surface area contributed by atoms with Gasteiger partial charge in [0, 0.05) is 41.5 Å². The number of nitrogens with one attached hydrogen (secondary N) is 3. The Hall–Kier alpha value is -7.11. The third kappa shape index (κ3) is 17.1. The minimum Gasteiger partial charge on any atom is -0.387 e. The lowest BCUT2D eigenvalue weighted by Crippen LogP contribution is -2.39. The van der Waals surface area contributed by atoms with Gasteiger partial charge in [0.15, 0.2) is 42.3 Å². The number of hydrogen-bond donors (Lipinski definition) is 17. The maximum Gasteiger partial charge on any atom is 0.694 e.